The van der Waals surface area contributed by atoms with Crippen molar-refractivity contribution in [2.45, 2.75) is 0 Å². The van der Waals surface area contributed by atoms with Crippen LogP contribution < -0.4 is 9.97 Å². The number of fused-ring (bicyclic) bond motifs is 20. The van der Waals surface area contributed by atoms with E-state index in [4.69, 9.17) is 54.7 Å². The van der Waals surface area contributed by atoms with E-state index < -0.39 is 0 Å². The molecule has 9 rings (SSSR count). The minimum atomic E-state index is 0. The summed E-state index contributed by atoms with van der Waals surface area (Å²) < 4.78 is 0. The number of halogens is 3. The third kappa shape index (κ3) is 3.87. The molecule has 3 aromatic heterocycles. The molecular formula is C36H17Cl3N4Zn. The van der Waals surface area contributed by atoms with E-state index >= 15 is 0 Å². The molecule has 2 aliphatic rings. The Labute approximate surface area is 279 Å². The van der Waals surface area contributed by atoms with Gasteiger partial charge in [-0.2, -0.15) is 0 Å². The molecule has 0 saturated heterocycles. The number of benzene rings is 4. The molecule has 2 aliphatic heterocycles. The van der Waals surface area contributed by atoms with Crippen molar-refractivity contribution < 1.29 is 19.5 Å². The topological polar surface area (TPSA) is 54.0 Å². The first-order valence-corrected chi connectivity index (χ1v) is 14.9. The van der Waals surface area contributed by atoms with Crippen LogP contribution in [-0.4, -0.2) is 9.97 Å². The van der Waals surface area contributed by atoms with Gasteiger partial charge in [0.1, 0.15) is 0 Å². The van der Waals surface area contributed by atoms with Crippen LogP contribution in [0.4, 0.5) is 0 Å². The summed E-state index contributed by atoms with van der Waals surface area (Å²) in [5, 5.41) is 4.99. The minimum absolute atomic E-state index is 0. The molecule has 8 bridgehead atoms. The maximum atomic E-state index is 7.25. The molecule has 5 heterocycles. The van der Waals surface area contributed by atoms with E-state index in [1.54, 1.807) is 0 Å². The van der Waals surface area contributed by atoms with E-state index in [0.29, 0.717) is 48.7 Å². The van der Waals surface area contributed by atoms with Gasteiger partial charge < -0.3 is 9.97 Å². The quantitative estimate of drug-likeness (QED) is 0.150. The zero-order valence-electron chi connectivity index (χ0n) is 22.9. The fourth-order valence-electron chi connectivity index (χ4n) is 6.25. The van der Waals surface area contributed by atoms with Gasteiger partial charge in [-0.3, -0.25) is 0 Å². The Morgan fingerprint density at radius 3 is 1.36 bits per heavy atom. The smallest absolute Gasteiger partial charge is 0.656 e. The van der Waals surface area contributed by atoms with E-state index in [-0.39, 0.29) is 19.5 Å². The summed E-state index contributed by atoms with van der Waals surface area (Å²) >= 11 is 21.7. The van der Waals surface area contributed by atoms with Gasteiger partial charge in [0, 0.05) is 22.3 Å². The Morgan fingerprint density at radius 2 is 0.818 bits per heavy atom. The van der Waals surface area contributed by atoms with Gasteiger partial charge >= 0.3 is 19.5 Å². The van der Waals surface area contributed by atoms with Gasteiger partial charge in [-0.15, -0.1) is 22.1 Å². The molecule has 4 nitrogen and oxygen atoms in total. The largest absolute Gasteiger partial charge is 2.00 e. The molecule has 44 heavy (non-hydrogen) atoms. The van der Waals surface area contributed by atoms with Crippen molar-refractivity contribution in [2.75, 3.05) is 0 Å². The number of nitrogens with zero attached hydrogens (tertiary/aromatic N) is 4. The second-order valence-electron chi connectivity index (χ2n) is 10.6. The van der Waals surface area contributed by atoms with Crippen LogP contribution in [0.2, 0.25) is 15.1 Å². The van der Waals surface area contributed by atoms with Crippen LogP contribution in [0.25, 0.3) is 88.6 Å². The normalized spacial score (nSPS) is 11.8. The molecule has 4 aromatic carbocycles. The van der Waals surface area contributed by atoms with Crippen LogP contribution in [0.1, 0.15) is 0 Å². The second kappa shape index (κ2) is 10.3. The molecule has 0 unspecified atom stereocenters. The average molecular weight is 677 g/mol. The standard InChI is InChI=1S/C36H17Cl3N4.Zn/c37-28-31-20-11-3-1-9-18(20)26(40-31)17-27-19-10-2-4-12-21(19)32(41-27)29(38)34-23-14-6-8-16-25(23)36(43-34)30(39)35-24-15-7-5-13-22(24)33(28)42-35;/h1-17H;/q-2;+2. The first-order valence-electron chi connectivity index (χ1n) is 13.7. The van der Waals surface area contributed by atoms with Crippen LogP contribution in [0, 0.1) is 0 Å². The molecule has 0 amide bonds. The van der Waals surface area contributed by atoms with Gasteiger partial charge in [-0.25, -0.2) is 9.97 Å². The van der Waals surface area contributed by atoms with Crippen LogP contribution in [0.5, 0.6) is 0 Å². The summed E-state index contributed by atoms with van der Waals surface area (Å²) in [6, 6.07) is 34.1. The molecule has 0 spiro atoms. The fraction of sp³-hybridized carbons (Fsp3) is 0. The first-order chi connectivity index (χ1) is 21.1. The SMILES string of the molecule is Clc1c2nc(c(Cl)c3[n-]c(c(Cl)c4nc(cc5[n-]c1c1ccccc51)-c1ccccc1-4)c1ccccc31)-c1ccccc1-2.[Zn+2]. The van der Waals surface area contributed by atoms with E-state index in [1.165, 1.54) is 0 Å². The number of hydrogen-bond donors (Lipinski definition) is 0. The first kappa shape index (κ1) is 27.6. The van der Waals surface area contributed by atoms with Gasteiger partial charge in [0.2, 0.25) is 0 Å². The predicted octanol–water partition coefficient (Wildman–Crippen LogP) is 10.5. The summed E-state index contributed by atoms with van der Waals surface area (Å²) in [7, 11) is 0. The molecule has 204 valence electrons. The van der Waals surface area contributed by atoms with Crippen molar-refractivity contribution in [3.63, 3.8) is 0 Å². The van der Waals surface area contributed by atoms with E-state index in [0.717, 1.165) is 55.0 Å². The van der Waals surface area contributed by atoms with E-state index in [9.17, 15) is 0 Å². The Hall–Kier alpha value is -3.99. The molecule has 0 radical (unpaired) electrons. The monoisotopic (exact) mass is 674 g/mol. The maximum Gasteiger partial charge on any atom is 2.00 e. The molecule has 0 atom stereocenters. The maximum absolute atomic E-state index is 7.25. The summed E-state index contributed by atoms with van der Waals surface area (Å²) in [6.45, 7) is 0. The third-order valence-electron chi connectivity index (χ3n) is 8.22. The van der Waals surface area contributed by atoms with Crippen LogP contribution in [0.3, 0.4) is 0 Å². The average Bonchev–Trinajstić information content (AvgIpc) is 3.81. The van der Waals surface area contributed by atoms with Gasteiger partial charge in [0.15, 0.2) is 0 Å². The van der Waals surface area contributed by atoms with Crippen molar-refractivity contribution in [1.29, 1.82) is 0 Å². The summed E-state index contributed by atoms with van der Waals surface area (Å²) in [4.78, 5) is 20.3. The zero-order valence-corrected chi connectivity index (χ0v) is 28.2. The van der Waals surface area contributed by atoms with Gasteiger partial charge in [0.25, 0.3) is 0 Å². The Kier molecular flexibility index (Phi) is 6.44. The van der Waals surface area contributed by atoms with Crippen molar-refractivity contribution in [2.24, 2.45) is 0 Å². The number of hydrogen-bond acceptors (Lipinski definition) is 2. The van der Waals surface area contributed by atoms with E-state index in [1.807, 2.05) is 91.0 Å². The van der Waals surface area contributed by atoms with Gasteiger partial charge in [-0.1, -0.05) is 132 Å². The van der Waals surface area contributed by atoms with E-state index in [2.05, 4.69) is 12.1 Å². The van der Waals surface area contributed by atoms with Crippen LogP contribution in [-0.2, 0) is 19.5 Å². The van der Waals surface area contributed by atoms with Crippen LogP contribution in [0.15, 0.2) is 103 Å². The zero-order chi connectivity index (χ0) is 28.8. The molecular weight excluding hydrogens is 660 g/mol. The fourth-order valence-corrected chi connectivity index (χ4v) is 7.12. The molecule has 0 saturated carbocycles. The predicted molar refractivity (Wildman–Crippen MR) is 178 cm³/mol. The molecule has 0 aliphatic carbocycles. The van der Waals surface area contributed by atoms with Crippen molar-refractivity contribution in [1.82, 2.24) is 19.9 Å². The molecule has 0 fully saturated rings. The Balaban J connectivity index is 0.00000289. The number of rotatable bonds is 0. The second-order valence-corrected chi connectivity index (χ2v) is 11.7. The summed E-state index contributed by atoms with van der Waals surface area (Å²) in [5.41, 5.74) is 8.94. The molecule has 0 N–H and O–H groups in total. The Bertz CT molecular complexity index is 2510. The third-order valence-corrected chi connectivity index (χ3v) is 9.30. The molecule has 7 aromatic rings. The van der Waals surface area contributed by atoms with Gasteiger partial charge in [-0.05, 0) is 27.6 Å². The summed E-state index contributed by atoms with van der Waals surface area (Å²) in [5.74, 6) is 0. The minimum Gasteiger partial charge on any atom is -0.656 e. The van der Waals surface area contributed by atoms with Gasteiger partial charge in [0.05, 0.1) is 37.8 Å². The van der Waals surface area contributed by atoms with Crippen molar-refractivity contribution >= 4 is 78.4 Å². The van der Waals surface area contributed by atoms with Crippen molar-refractivity contribution in [3.8, 4) is 45.0 Å². The van der Waals surface area contributed by atoms with Crippen molar-refractivity contribution in [3.05, 3.63) is 118 Å². The Morgan fingerprint density at radius 1 is 0.432 bits per heavy atom. The summed E-state index contributed by atoms with van der Waals surface area (Å²) in [6.07, 6.45) is 0. The van der Waals surface area contributed by atoms with Crippen LogP contribution >= 0.6 is 34.8 Å². The number of aromatic nitrogens is 4. The molecule has 8 heteroatoms.